The van der Waals surface area contributed by atoms with E-state index in [0.29, 0.717) is 29.4 Å². The molecule has 1 N–H and O–H groups in total. The molecular weight excluding hydrogens is 456 g/mol. The lowest BCUT2D eigenvalue weighted by molar-refractivity contribution is -0.129. The number of aryl methyl sites for hydroxylation is 2. The SMILES string of the molecule is Cc1ccc(NC(=O)Cn2c(C)cc(=O)n3nc(-c4ccc(CC5CCN(C)C5=O)cc4)nc23)cc1. The van der Waals surface area contributed by atoms with E-state index in [0.717, 1.165) is 29.7 Å². The number of fused-ring (bicyclic) bond motifs is 1. The van der Waals surface area contributed by atoms with Gasteiger partial charge in [-0.1, -0.05) is 42.0 Å². The van der Waals surface area contributed by atoms with Crippen LogP contribution in [0.15, 0.2) is 59.4 Å². The van der Waals surface area contributed by atoms with Crippen LogP contribution in [0.4, 0.5) is 5.69 Å². The smallest absolute Gasteiger partial charge is 0.275 e. The molecule has 4 aromatic rings. The first-order valence-electron chi connectivity index (χ1n) is 12.0. The van der Waals surface area contributed by atoms with Crippen molar-refractivity contribution in [1.29, 1.82) is 0 Å². The maximum Gasteiger partial charge on any atom is 0.275 e. The fourth-order valence-electron chi connectivity index (χ4n) is 4.56. The number of carbonyl (C=O) groups excluding carboxylic acids is 2. The van der Waals surface area contributed by atoms with E-state index in [1.807, 2.05) is 62.5 Å². The van der Waals surface area contributed by atoms with Gasteiger partial charge >= 0.3 is 0 Å². The molecule has 1 atom stereocenters. The van der Waals surface area contributed by atoms with Gasteiger partial charge in [0.1, 0.15) is 6.54 Å². The molecule has 0 bridgehead atoms. The largest absolute Gasteiger partial charge is 0.345 e. The molecular formula is C27H28N6O3. The summed E-state index contributed by atoms with van der Waals surface area (Å²) in [6.07, 6.45) is 1.57. The van der Waals surface area contributed by atoms with Gasteiger partial charge in [-0.25, -0.2) is 0 Å². The Morgan fingerprint density at radius 3 is 2.44 bits per heavy atom. The number of carbonyl (C=O) groups is 2. The topological polar surface area (TPSA) is 102 Å². The molecule has 1 saturated heterocycles. The lowest BCUT2D eigenvalue weighted by Gasteiger charge is -2.11. The molecule has 5 rings (SSSR count). The molecule has 1 aliphatic rings. The Hall–Kier alpha value is -4.27. The van der Waals surface area contributed by atoms with Crippen molar-refractivity contribution in [3.05, 3.63) is 81.8 Å². The van der Waals surface area contributed by atoms with Crippen LogP contribution in [0.5, 0.6) is 0 Å². The highest BCUT2D eigenvalue weighted by Crippen LogP contribution is 2.23. The zero-order valence-electron chi connectivity index (χ0n) is 20.6. The predicted molar refractivity (Wildman–Crippen MR) is 137 cm³/mol. The van der Waals surface area contributed by atoms with Crippen molar-refractivity contribution < 1.29 is 9.59 Å². The van der Waals surface area contributed by atoms with E-state index in [1.165, 1.54) is 10.6 Å². The summed E-state index contributed by atoms with van der Waals surface area (Å²) in [7, 11) is 1.84. The van der Waals surface area contributed by atoms with Gasteiger partial charge < -0.3 is 14.8 Å². The Bertz CT molecular complexity index is 1500. The summed E-state index contributed by atoms with van der Waals surface area (Å²) in [6, 6.07) is 16.7. The first-order valence-corrected chi connectivity index (χ1v) is 12.0. The maximum absolute atomic E-state index is 12.8. The quantitative estimate of drug-likeness (QED) is 0.454. The van der Waals surface area contributed by atoms with Gasteiger partial charge in [0.15, 0.2) is 5.82 Å². The fraction of sp³-hybridized carbons (Fsp3) is 0.296. The lowest BCUT2D eigenvalue weighted by Crippen LogP contribution is -2.25. The number of aromatic nitrogens is 4. The number of benzene rings is 2. The van der Waals surface area contributed by atoms with Crippen LogP contribution >= 0.6 is 0 Å². The molecule has 0 aliphatic carbocycles. The van der Waals surface area contributed by atoms with Gasteiger partial charge in [-0.3, -0.25) is 14.4 Å². The van der Waals surface area contributed by atoms with Crippen LogP contribution in [0.1, 0.15) is 23.2 Å². The molecule has 3 heterocycles. The number of hydrogen-bond donors (Lipinski definition) is 1. The average molecular weight is 485 g/mol. The van der Waals surface area contributed by atoms with E-state index < -0.39 is 0 Å². The van der Waals surface area contributed by atoms with Gasteiger partial charge in [0.2, 0.25) is 17.6 Å². The van der Waals surface area contributed by atoms with E-state index >= 15 is 0 Å². The van der Waals surface area contributed by atoms with Gasteiger partial charge in [-0.05, 0) is 44.4 Å². The normalized spacial score (nSPS) is 15.6. The van der Waals surface area contributed by atoms with Gasteiger partial charge in [0.05, 0.1) is 0 Å². The highest BCUT2D eigenvalue weighted by molar-refractivity contribution is 5.90. The minimum Gasteiger partial charge on any atom is -0.345 e. The van der Waals surface area contributed by atoms with Crippen molar-refractivity contribution in [1.82, 2.24) is 24.1 Å². The Labute approximate surface area is 208 Å². The second-order valence-corrected chi connectivity index (χ2v) is 9.42. The standard InChI is InChI=1S/C27H28N6O3/c1-17-4-10-22(11-5-17)28-23(34)16-32-18(2)14-24(35)33-27(32)29-25(30-33)20-8-6-19(7-9-20)15-21-12-13-31(3)26(21)36/h4-11,14,21H,12-13,15-16H2,1-3H3,(H,28,34). The van der Waals surface area contributed by atoms with Gasteiger partial charge in [0, 0.05) is 42.5 Å². The van der Waals surface area contributed by atoms with Crippen LogP contribution in [0.25, 0.3) is 17.2 Å². The summed E-state index contributed by atoms with van der Waals surface area (Å²) in [5.41, 5.74) is 3.94. The molecule has 2 amide bonds. The molecule has 2 aromatic heterocycles. The van der Waals surface area contributed by atoms with Crippen LogP contribution in [0.3, 0.4) is 0 Å². The minimum atomic E-state index is -0.308. The summed E-state index contributed by atoms with van der Waals surface area (Å²) < 4.78 is 2.90. The van der Waals surface area contributed by atoms with E-state index in [2.05, 4.69) is 15.4 Å². The molecule has 0 saturated carbocycles. The Morgan fingerprint density at radius 2 is 1.78 bits per heavy atom. The van der Waals surface area contributed by atoms with Crippen molar-refractivity contribution in [2.75, 3.05) is 18.9 Å². The zero-order valence-corrected chi connectivity index (χ0v) is 20.6. The third-order valence-corrected chi connectivity index (χ3v) is 6.67. The predicted octanol–water partition coefficient (Wildman–Crippen LogP) is 2.83. The maximum atomic E-state index is 12.8. The minimum absolute atomic E-state index is 0.00950. The van der Waals surface area contributed by atoms with E-state index in [4.69, 9.17) is 0 Å². The Kier molecular flexibility index (Phi) is 6.13. The highest BCUT2D eigenvalue weighted by Gasteiger charge is 2.28. The summed E-state index contributed by atoms with van der Waals surface area (Å²) in [5, 5.41) is 7.30. The Morgan fingerprint density at radius 1 is 1.06 bits per heavy atom. The molecule has 9 heteroatoms. The molecule has 1 fully saturated rings. The zero-order chi connectivity index (χ0) is 25.4. The van der Waals surface area contributed by atoms with Crippen LogP contribution in [-0.4, -0.2) is 49.5 Å². The van der Waals surface area contributed by atoms with E-state index in [1.54, 1.807) is 16.4 Å². The summed E-state index contributed by atoms with van der Waals surface area (Å²) in [4.78, 5) is 44.0. The second-order valence-electron chi connectivity index (χ2n) is 9.42. The molecule has 1 aliphatic heterocycles. The van der Waals surface area contributed by atoms with E-state index in [-0.39, 0.29) is 29.8 Å². The van der Waals surface area contributed by atoms with Crippen molar-refractivity contribution in [3.63, 3.8) is 0 Å². The monoisotopic (exact) mass is 484 g/mol. The summed E-state index contributed by atoms with van der Waals surface area (Å²) in [5.74, 6) is 0.681. The number of nitrogens with one attached hydrogen (secondary N) is 1. The molecule has 184 valence electrons. The van der Waals surface area contributed by atoms with Crippen molar-refractivity contribution >= 4 is 23.3 Å². The lowest BCUT2D eigenvalue weighted by atomic mass is 9.97. The average Bonchev–Trinajstić information content (AvgIpc) is 3.44. The molecule has 0 radical (unpaired) electrons. The first-order chi connectivity index (χ1) is 17.3. The number of rotatable bonds is 6. The van der Waals surface area contributed by atoms with E-state index in [9.17, 15) is 14.4 Å². The third kappa shape index (κ3) is 4.64. The van der Waals surface area contributed by atoms with Crippen LogP contribution in [0.2, 0.25) is 0 Å². The summed E-state index contributed by atoms with van der Waals surface area (Å²) in [6.45, 7) is 4.54. The van der Waals surface area contributed by atoms with Crippen LogP contribution in [-0.2, 0) is 22.6 Å². The number of likely N-dealkylation sites (tertiary alicyclic amines) is 1. The fourth-order valence-corrected chi connectivity index (χ4v) is 4.56. The second kappa shape index (κ2) is 9.41. The molecule has 2 aromatic carbocycles. The van der Waals surface area contributed by atoms with Crippen LogP contribution < -0.4 is 10.9 Å². The molecule has 1 unspecified atom stereocenters. The third-order valence-electron chi connectivity index (χ3n) is 6.67. The molecule has 36 heavy (non-hydrogen) atoms. The Balaban J connectivity index is 1.39. The molecule has 9 nitrogen and oxygen atoms in total. The molecule has 0 spiro atoms. The number of hydrogen-bond acceptors (Lipinski definition) is 5. The summed E-state index contributed by atoms with van der Waals surface area (Å²) >= 11 is 0. The van der Waals surface area contributed by atoms with Gasteiger partial charge in [-0.2, -0.15) is 9.50 Å². The number of amides is 2. The van der Waals surface area contributed by atoms with Crippen molar-refractivity contribution in [2.45, 2.75) is 33.2 Å². The van der Waals surface area contributed by atoms with Crippen molar-refractivity contribution in [3.8, 4) is 11.4 Å². The van der Waals surface area contributed by atoms with Gasteiger partial charge in [-0.15, -0.1) is 5.10 Å². The number of anilines is 1. The van der Waals surface area contributed by atoms with Crippen molar-refractivity contribution in [2.24, 2.45) is 5.92 Å². The first kappa shape index (κ1) is 23.5. The number of nitrogens with zero attached hydrogens (tertiary/aromatic N) is 5. The highest BCUT2D eigenvalue weighted by atomic mass is 16.2. The van der Waals surface area contributed by atoms with Crippen LogP contribution in [0, 0.1) is 19.8 Å². The van der Waals surface area contributed by atoms with Gasteiger partial charge in [0.25, 0.3) is 5.56 Å².